The number of rotatable bonds is 8. The number of aliphatic hydroxyl groups is 1. The molecule has 2 aromatic rings. The monoisotopic (exact) mass is 554 g/mol. The second-order valence-corrected chi connectivity index (χ2v) is 7.63. The fourth-order valence-corrected chi connectivity index (χ4v) is 3.47. The number of aromatic nitrogens is 3. The number of amides is 1. The molecule has 0 radical (unpaired) electrons. The molecule has 1 aliphatic carbocycles. The van der Waals surface area contributed by atoms with Crippen LogP contribution in [0, 0.1) is 0 Å². The third-order valence-corrected chi connectivity index (χ3v) is 5.17. The predicted molar refractivity (Wildman–Crippen MR) is 141 cm³/mol. The predicted octanol–water partition coefficient (Wildman–Crippen LogP) is 4.83. The summed E-state index contributed by atoms with van der Waals surface area (Å²) in [6.45, 7) is 4.83. The SMILES string of the molecule is C=C/C(=C\C(=C/C)NC)CC(F)(F)F.CF.Nc1ncnn2cc(CO)c(C3=CC(F)=C(NC=O)CC=C3)c12. The van der Waals surface area contributed by atoms with Crippen LogP contribution < -0.4 is 16.4 Å². The van der Waals surface area contributed by atoms with Crippen LogP contribution >= 0.6 is 0 Å². The highest BCUT2D eigenvalue weighted by Crippen LogP contribution is 2.32. The molecule has 212 valence electrons. The molecule has 0 atom stereocenters. The number of likely N-dealkylation sites (N-methyl/N-ethyl adjacent to an activating group) is 1. The first-order chi connectivity index (χ1) is 18.6. The van der Waals surface area contributed by atoms with Crippen LogP contribution in [0.15, 0.2) is 78.4 Å². The van der Waals surface area contributed by atoms with Gasteiger partial charge >= 0.3 is 6.18 Å². The van der Waals surface area contributed by atoms with E-state index in [2.05, 4.69) is 27.3 Å². The lowest BCUT2D eigenvalue weighted by molar-refractivity contribution is -0.126. The molecule has 0 aromatic carbocycles. The molecule has 0 spiro atoms. The topological polar surface area (TPSA) is 118 Å². The van der Waals surface area contributed by atoms with E-state index in [1.165, 1.54) is 29.1 Å². The molecule has 0 saturated heterocycles. The Morgan fingerprint density at radius 2 is 2.03 bits per heavy atom. The van der Waals surface area contributed by atoms with E-state index >= 15 is 0 Å². The van der Waals surface area contributed by atoms with Crippen molar-refractivity contribution in [1.82, 2.24) is 25.2 Å². The Morgan fingerprint density at radius 1 is 1.33 bits per heavy atom. The van der Waals surface area contributed by atoms with E-state index < -0.39 is 18.4 Å². The van der Waals surface area contributed by atoms with Gasteiger partial charge in [0.25, 0.3) is 0 Å². The third kappa shape index (κ3) is 9.52. The minimum atomic E-state index is -4.19. The first kappa shape index (κ1) is 32.8. The van der Waals surface area contributed by atoms with E-state index in [1.807, 2.05) is 0 Å². The summed E-state index contributed by atoms with van der Waals surface area (Å²) in [5.74, 6) is -0.334. The van der Waals surface area contributed by atoms with Gasteiger partial charge in [0.05, 0.1) is 25.9 Å². The number of nitrogens with zero attached hydrogens (tertiary/aromatic N) is 3. The molecule has 1 aliphatic rings. The minimum absolute atomic E-state index is 0.153. The first-order valence-electron chi connectivity index (χ1n) is 11.4. The Hall–Kier alpha value is -4.26. The van der Waals surface area contributed by atoms with Crippen molar-refractivity contribution >= 4 is 23.3 Å². The van der Waals surface area contributed by atoms with Crippen LogP contribution in [0.4, 0.5) is 27.8 Å². The zero-order valence-corrected chi connectivity index (χ0v) is 21.7. The van der Waals surface area contributed by atoms with Crippen molar-refractivity contribution in [3.63, 3.8) is 0 Å². The van der Waals surface area contributed by atoms with Crippen LogP contribution in [-0.2, 0) is 11.4 Å². The number of carbonyl (C=O) groups excluding carboxylic acids is 1. The molecule has 3 rings (SSSR count). The highest BCUT2D eigenvalue weighted by Gasteiger charge is 2.27. The van der Waals surface area contributed by atoms with Gasteiger partial charge in [-0.15, -0.1) is 0 Å². The second-order valence-electron chi connectivity index (χ2n) is 7.63. The van der Waals surface area contributed by atoms with Gasteiger partial charge in [-0.25, -0.2) is 13.9 Å². The molecule has 2 heterocycles. The number of anilines is 1. The van der Waals surface area contributed by atoms with Crippen molar-refractivity contribution in [2.45, 2.75) is 32.5 Å². The van der Waals surface area contributed by atoms with Gasteiger partial charge in [-0.1, -0.05) is 30.9 Å². The maximum Gasteiger partial charge on any atom is 0.393 e. The van der Waals surface area contributed by atoms with E-state index in [0.29, 0.717) is 41.5 Å². The Bertz CT molecular complexity index is 1290. The van der Waals surface area contributed by atoms with E-state index in [-0.39, 0.29) is 30.1 Å². The van der Waals surface area contributed by atoms with Crippen molar-refractivity contribution in [3.8, 4) is 0 Å². The van der Waals surface area contributed by atoms with Gasteiger partial charge in [0, 0.05) is 36.5 Å². The number of aliphatic hydroxyl groups excluding tert-OH is 1. The Morgan fingerprint density at radius 3 is 2.56 bits per heavy atom. The number of hydrogen-bond acceptors (Lipinski definition) is 6. The summed E-state index contributed by atoms with van der Waals surface area (Å²) in [7, 11) is 2.15. The van der Waals surface area contributed by atoms with Crippen LogP contribution in [0.5, 0.6) is 0 Å². The number of alkyl halides is 4. The number of carbonyl (C=O) groups is 1. The van der Waals surface area contributed by atoms with Crippen molar-refractivity contribution < 1.29 is 31.9 Å². The summed E-state index contributed by atoms with van der Waals surface area (Å²) in [4.78, 5) is 14.5. The lowest BCUT2D eigenvalue weighted by Crippen LogP contribution is -2.10. The van der Waals surface area contributed by atoms with E-state index in [0.717, 1.165) is 0 Å². The molecule has 0 aliphatic heterocycles. The van der Waals surface area contributed by atoms with Gasteiger partial charge in [0.15, 0.2) is 5.82 Å². The molecule has 1 amide bonds. The Labute approximate surface area is 222 Å². The number of allylic oxidation sites excluding steroid dienone is 9. The summed E-state index contributed by atoms with van der Waals surface area (Å²) in [6, 6.07) is 0. The average Bonchev–Trinajstić information content (AvgIpc) is 3.21. The highest BCUT2D eigenvalue weighted by molar-refractivity contribution is 5.91. The summed E-state index contributed by atoms with van der Waals surface area (Å²) >= 11 is 0. The molecule has 0 bridgehead atoms. The lowest BCUT2D eigenvalue weighted by Gasteiger charge is -2.08. The van der Waals surface area contributed by atoms with Crippen LogP contribution in [0.2, 0.25) is 0 Å². The molecule has 5 N–H and O–H groups in total. The van der Waals surface area contributed by atoms with Crippen molar-refractivity contribution in [3.05, 3.63) is 89.5 Å². The summed E-state index contributed by atoms with van der Waals surface area (Å²) in [5, 5.41) is 18.8. The average molecular weight is 555 g/mol. The van der Waals surface area contributed by atoms with Crippen LogP contribution in [0.1, 0.15) is 30.9 Å². The van der Waals surface area contributed by atoms with Gasteiger partial charge < -0.3 is 21.5 Å². The first-order valence-corrected chi connectivity index (χ1v) is 11.4. The fourth-order valence-electron chi connectivity index (χ4n) is 3.47. The van der Waals surface area contributed by atoms with Gasteiger partial charge in [0.2, 0.25) is 6.41 Å². The molecular formula is C26H31F5N6O2. The number of nitrogens with two attached hydrogens (primary N) is 1. The molecule has 0 saturated carbocycles. The van der Waals surface area contributed by atoms with E-state index in [4.69, 9.17) is 5.73 Å². The minimum Gasteiger partial charge on any atom is -0.392 e. The number of fused-ring (bicyclic) bond motifs is 1. The highest BCUT2D eigenvalue weighted by atomic mass is 19.4. The largest absolute Gasteiger partial charge is 0.393 e. The van der Waals surface area contributed by atoms with E-state index in [1.54, 1.807) is 38.4 Å². The Kier molecular flexibility index (Phi) is 13.3. The summed E-state index contributed by atoms with van der Waals surface area (Å²) in [5.41, 5.74) is 8.99. The van der Waals surface area contributed by atoms with Gasteiger partial charge in [-0.3, -0.25) is 9.18 Å². The van der Waals surface area contributed by atoms with Crippen LogP contribution in [0.25, 0.3) is 11.1 Å². The zero-order valence-electron chi connectivity index (χ0n) is 21.7. The zero-order chi connectivity index (χ0) is 29.6. The van der Waals surface area contributed by atoms with Crippen molar-refractivity contribution in [1.29, 1.82) is 0 Å². The van der Waals surface area contributed by atoms with Gasteiger partial charge in [-0.2, -0.15) is 18.3 Å². The van der Waals surface area contributed by atoms with Gasteiger partial charge in [-0.05, 0) is 30.2 Å². The fraction of sp³-hybridized carbons (Fsp3) is 0.269. The normalized spacial score (nSPS) is 13.9. The van der Waals surface area contributed by atoms with Crippen molar-refractivity contribution in [2.75, 3.05) is 20.0 Å². The molecule has 0 unspecified atom stereocenters. The molecular weight excluding hydrogens is 523 g/mol. The molecule has 8 nitrogen and oxygen atoms in total. The number of hydrogen-bond donors (Lipinski definition) is 4. The molecule has 13 heteroatoms. The molecule has 0 fully saturated rings. The Balaban J connectivity index is 0.000000411. The third-order valence-electron chi connectivity index (χ3n) is 5.17. The number of nitrogens with one attached hydrogen (secondary N) is 2. The maximum atomic E-state index is 14.3. The van der Waals surface area contributed by atoms with Crippen LogP contribution in [0.3, 0.4) is 0 Å². The van der Waals surface area contributed by atoms with Gasteiger partial charge in [0.1, 0.15) is 17.7 Å². The molecule has 2 aromatic heterocycles. The maximum absolute atomic E-state index is 14.3. The smallest absolute Gasteiger partial charge is 0.392 e. The molecule has 39 heavy (non-hydrogen) atoms. The van der Waals surface area contributed by atoms with E-state index in [9.17, 15) is 31.9 Å². The summed E-state index contributed by atoms with van der Waals surface area (Å²) < 4.78 is 61.3. The quantitative estimate of drug-likeness (QED) is 0.211. The number of halogens is 5. The van der Waals surface area contributed by atoms with Crippen LogP contribution in [-0.4, -0.2) is 46.5 Å². The standard InChI is InChI=1S/C15H14FN5O2.C10H14F3N.CH3F/c16-11-4-9(2-1-3-12(11)19-8-23)13-10(6-22)5-21-14(13)15(17)18-7-20-21;1-4-8(7-10(11,12)13)6-9(5-2)14-3;1-2/h1-2,4-5,7-8,22H,3,6H2,(H,19,23)(H2,17,18,20);4-6,14H,1,7H2,2-3H3;1H3/b;8-6+,9-5+;. The second kappa shape index (κ2) is 15.9. The number of nitrogen functional groups attached to an aromatic ring is 1. The summed E-state index contributed by atoms with van der Waals surface area (Å²) in [6.07, 6.45) is 7.52. The lowest BCUT2D eigenvalue weighted by atomic mass is 10.0. The van der Waals surface area contributed by atoms with Crippen molar-refractivity contribution in [2.24, 2.45) is 0 Å².